The molecule has 0 spiro atoms. The Morgan fingerprint density at radius 1 is 1.24 bits per heavy atom. The number of nitrogens with one attached hydrogen (secondary N) is 1. The van der Waals surface area contributed by atoms with E-state index in [1.54, 1.807) is 13.2 Å². The highest BCUT2D eigenvalue weighted by Gasteiger charge is 2.15. The second-order valence-electron chi connectivity index (χ2n) is 5.96. The molecule has 1 aromatic rings. The molecule has 0 heterocycles. The number of primary sulfonamides is 1. The largest absolute Gasteiger partial charge is 0.489 e. The van der Waals surface area contributed by atoms with Crippen molar-refractivity contribution in [3.63, 3.8) is 0 Å². The van der Waals surface area contributed by atoms with Crippen LogP contribution in [-0.4, -0.2) is 35.3 Å². The van der Waals surface area contributed by atoms with Crippen LogP contribution in [0.15, 0.2) is 23.1 Å². The van der Waals surface area contributed by atoms with E-state index in [0.29, 0.717) is 19.0 Å². The minimum atomic E-state index is -3.76. The van der Waals surface area contributed by atoms with Crippen LogP contribution in [0.5, 0.6) is 5.75 Å². The summed E-state index contributed by atoms with van der Waals surface area (Å²) >= 11 is 0. The molecule has 1 rings (SSSR count). The molecule has 0 saturated carbocycles. The Kier molecular flexibility index (Phi) is 6.00. The Hall–Kier alpha value is -1.31. The Labute approximate surface area is 126 Å². The van der Waals surface area contributed by atoms with Gasteiger partial charge >= 0.3 is 0 Å². The average Bonchev–Trinajstić information content (AvgIpc) is 2.35. The normalized spacial score (nSPS) is 12.2. The second-order valence-corrected chi connectivity index (χ2v) is 7.52. The van der Waals surface area contributed by atoms with Gasteiger partial charge in [-0.05, 0) is 17.5 Å². The van der Waals surface area contributed by atoms with Crippen molar-refractivity contribution in [3.05, 3.63) is 18.2 Å². The molecule has 0 unspecified atom stereocenters. The molecule has 0 radical (unpaired) electrons. The second kappa shape index (κ2) is 7.11. The van der Waals surface area contributed by atoms with Gasteiger partial charge in [-0.2, -0.15) is 0 Å². The predicted molar refractivity (Wildman–Crippen MR) is 83.1 cm³/mol. The molecule has 0 fully saturated rings. The standard InChI is InChI=1S/C14H24N2O4S/c1-14(2,3)10-16-12-6-5-11(21(15,17)18)9-13(12)20-8-7-19-4/h5-6,9,16H,7-8,10H2,1-4H3,(H2,15,17,18). The number of nitrogens with two attached hydrogens (primary N) is 1. The molecule has 0 aliphatic carbocycles. The van der Waals surface area contributed by atoms with Gasteiger partial charge in [0.05, 0.1) is 17.2 Å². The minimum Gasteiger partial charge on any atom is -0.489 e. The number of sulfonamides is 1. The van der Waals surface area contributed by atoms with E-state index in [-0.39, 0.29) is 10.3 Å². The van der Waals surface area contributed by atoms with Crippen LogP contribution in [0, 0.1) is 5.41 Å². The monoisotopic (exact) mass is 316 g/mol. The van der Waals surface area contributed by atoms with Crippen molar-refractivity contribution >= 4 is 15.7 Å². The Morgan fingerprint density at radius 3 is 2.43 bits per heavy atom. The smallest absolute Gasteiger partial charge is 0.238 e. The summed E-state index contributed by atoms with van der Waals surface area (Å²) < 4.78 is 33.3. The van der Waals surface area contributed by atoms with Crippen LogP contribution in [0.3, 0.4) is 0 Å². The van der Waals surface area contributed by atoms with E-state index >= 15 is 0 Å². The molecular formula is C14H24N2O4S. The molecule has 120 valence electrons. The average molecular weight is 316 g/mol. The molecule has 7 heteroatoms. The topological polar surface area (TPSA) is 90.7 Å². The van der Waals surface area contributed by atoms with Gasteiger partial charge in [0.1, 0.15) is 12.4 Å². The number of rotatable bonds is 7. The molecule has 1 aromatic carbocycles. The third-order valence-corrected chi connectivity index (χ3v) is 3.55. The van der Waals surface area contributed by atoms with E-state index in [9.17, 15) is 8.42 Å². The van der Waals surface area contributed by atoms with Crippen molar-refractivity contribution in [3.8, 4) is 5.75 Å². The van der Waals surface area contributed by atoms with Crippen LogP contribution in [0.1, 0.15) is 20.8 Å². The fourth-order valence-electron chi connectivity index (χ4n) is 1.54. The zero-order chi connectivity index (χ0) is 16.1. The summed E-state index contributed by atoms with van der Waals surface area (Å²) in [5.74, 6) is 0.447. The first kappa shape index (κ1) is 17.7. The first-order valence-electron chi connectivity index (χ1n) is 6.66. The van der Waals surface area contributed by atoms with Crippen LogP contribution >= 0.6 is 0 Å². The fraction of sp³-hybridized carbons (Fsp3) is 0.571. The zero-order valence-corrected chi connectivity index (χ0v) is 13.8. The number of benzene rings is 1. The SMILES string of the molecule is COCCOc1cc(S(N)(=O)=O)ccc1NCC(C)(C)C. The van der Waals surface area contributed by atoms with E-state index in [2.05, 4.69) is 26.1 Å². The van der Waals surface area contributed by atoms with Gasteiger partial charge in [0, 0.05) is 19.7 Å². The molecule has 0 atom stereocenters. The van der Waals surface area contributed by atoms with Crippen molar-refractivity contribution in [1.29, 1.82) is 0 Å². The van der Waals surface area contributed by atoms with Gasteiger partial charge in [0.15, 0.2) is 0 Å². The van der Waals surface area contributed by atoms with Crippen LogP contribution in [0.25, 0.3) is 0 Å². The summed E-state index contributed by atoms with van der Waals surface area (Å²) in [5.41, 5.74) is 0.816. The van der Waals surface area contributed by atoms with E-state index in [4.69, 9.17) is 14.6 Å². The van der Waals surface area contributed by atoms with Gasteiger partial charge in [-0.25, -0.2) is 13.6 Å². The third kappa shape index (κ3) is 6.33. The third-order valence-electron chi connectivity index (χ3n) is 2.64. The van der Waals surface area contributed by atoms with Crippen LogP contribution in [0.4, 0.5) is 5.69 Å². The highest BCUT2D eigenvalue weighted by Crippen LogP contribution is 2.28. The van der Waals surface area contributed by atoms with E-state index in [0.717, 1.165) is 12.2 Å². The molecule has 6 nitrogen and oxygen atoms in total. The highest BCUT2D eigenvalue weighted by atomic mass is 32.2. The summed E-state index contributed by atoms with van der Waals surface area (Å²) in [5, 5.41) is 8.40. The lowest BCUT2D eigenvalue weighted by atomic mass is 9.97. The predicted octanol–water partition coefficient (Wildman–Crippen LogP) is 1.82. The van der Waals surface area contributed by atoms with Crippen LogP contribution < -0.4 is 15.2 Å². The molecular weight excluding hydrogens is 292 g/mol. The number of methoxy groups -OCH3 is 1. The number of hydrogen-bond acceptors (Lipinski definition) is 5. The molecule has 0 bridgehead atoms. The van der Waals surface area contributed by atoms with Gasteiger partial charge in [0.2, 0.25) is 10.0 Å². The zero-order valence-electron chi connectivity index (χ0n) is 13.0. The summed E-state index contributed by atoms with van der Waals surface area (Å²) in [7, 11) is -2.18. The lowest BCUT2D eigenvalue weighted by Crippen LogP contribution is -2.20. The lowest BCUT2D eigenvalue weighted by Gasteiger charge is -2.21. The molecule has 0 aliphatic heterocycles. The Balaban J connectivity index is 2.99. The quantitative estimate of drug-likeness (QED) is 0.749. The first-order chi connectivity index (χ1) is 9.63. The van der Waals surface area contributed by atoms with E-state index in [1.807, 2.05) is 0 Å². The van der Waals surface area contributed by atoms with Crippen LogP contribution in [0.2, 0.25) is 0 Å². The molecule has 0 aromatic heterocycles. The summed E-state index contributed by atoms with van der Waals surface area (Å²) in [6.07, 6.45) is 0. The molecule has 0 amide bonds. The van der Waals surface area contributed by atoms with E-state index in [1.165, 1.54) is 12.1 Å². The summed E-state index contributed by atoms with van der Waals surface area (Å²) in [6, 6.07) is 4.55. The van der Waals surface area contributed by atoms with Gasteiger partial charge in [-0.3, -0.25) is 0 Å². The van der Waals surface area contributed by atoms with Gasteiger partial charge in [-0.15, -0.1) is 0 Å². The Bertz CT molecular complexity index is 565. The lowest BCUT2D eigenvalue weighted by molar-refractivity contribution is 0.146. The molecule has 3 N–H and O–H groups in total. The minimum absolute atomic E-state index is 0.0243. The summed E-state index contributed by atoms with van der Waals surface area (Å²) in [6.45, 7) is 7.77. The fourth-order valence-corrected chi connectivity index (χ4v) is 2.07. The highest BCUT2D eigenvalue weighted by molar-refractivity contribution is 7.89. The number of hydrogen-bond donors (Lipinski definition) is 2. The van der Waals surface area contributed by atoms with Gasteiger partial charge < -0.3 is 14.8 Å². The molecule has 21 heavy (non-hydrogen) atoms. The van der Waals surface area contributed by atoms with Crippen molar-refractivity contribution in [1.82, 2.24) is 0 Å². The number of anilines is 1. The summed E-state index contributed by atoms with van der Waals surface area (Å²) in [4.78, 5) is 0.0243. The molecule has 0 aliphatic rings. The van der Waals surface area contributed by atoms with Gasteiger partial charge in [0.25, 0.3) is 0 Å². The van der Waals surface area contributed by atoms with Crippen LogP contribution in [-0.2, 0) is 14.8 Å². The first-order valence-corrected chi connectivity index (χ1v) is 8.20. The van der Waals surface area contributed by atoms with E-state index < -0.39 is 10.0 Å². The van der Waals surface area contributed by atoms with Crippen molar-refractivity contribution in [2.75, 3.05) is 32.2 Å². The van der Waals surface area contributed by atoms with Crippen molar-refractivity contribution in [2.45, 2.75) is 25.7 Å². The van der Waals surface area contributed by atoms with Crippen molar-refractivity contribution in [2.24, 2.45) is 10.6 Å². The number of ether oxygens (including phenoxy) is 2. The maximum absolute atomic E-state index is 11.4. The maximum Gasteiger partial charge on any atom is 0.238 e. The Morgan fingerprint density at radius 2 is 1.90 bits per heavy atom. The van der Waals surface area contributed by atoms with Crippen molar-refractivity contribution < 1.29 is 17.9 Å². The maximum atomic E-state index is 11.4. The van der Waals surface area contributed by atoms with Gasteiger partial charge in [-0.1, -0.05) is 20.8 Å². The molecule has 0 saturated heterocycles.